The Labute approximate surface area is 217 Å². The number of carbonyl (C=O) groups excluding carboxylic acids is 1. The number of rotatable bonds is 7. The summed E-state index contributed by atoms with van der Waals surface area (Å²) < 4.78 is 25.1. The summed E-state index contributed by atoms with van der Waals surface area (Å²) in [5.74, 6) is 1.35. The first-order chi connectivity index (χ1) is 17.0. The average molecular weight is 532 g/mol. The number of thioether (sulfide) groups is 1. The van der Waals surface area contributed by atoms with E-state index in [9.17, 15) is 13.6 Å². The number of hydrogen-bond donors (Lipinski definition) is 0. The Balaban J connectivity index is 1.21. The molecular weight excluding hydrogens is 501 g/mol. The fraction of sp³-hybridized carbons (Fsp3) is 0.520. The van der Waals surface area contributed by atoms with Crippen LogP contribution in [0.25, 0.3) is 11.0 Å². The number of likely N-dealkylation sites (tertiary alicyclic amines) is 2. The summed E-state index contributed by atoms with van der Waals surface area (Å²) in [4.78, 5) is 22.8. The third-order valence-electron chi connectivity index (χ3n) is 7.16. The SMILES string of the molecule is CCSc1nc2cc(S(=O)[O-])ccc2n1C1CCN(C(=O)C2CCN(Cc3ccsc3)CC2)CC1. The van der Waals surface area contributed by atoms with Crippen molar-refractivity contribution in [1.82, 2.24) is 19.4 Å². The van der Waals surface area contributed by atoms with Crippen molar-refractivity contribution in [3.8, 4) is 0 Å². The van der Waals surface area contributed by atoms with E-state index in [0.717, 1.165) is 80.3 Å². The Kier molecular flexibility index (Phi) is 7.93. The Hall–Kier alpha value is -1.72. The molecule has 2 aliphatic heterocycles. The first-order valence-corrected chi connectivity index (χ1v) is 15.3. The van der Waals surface area contributed by atoms with Crippen molar-refractivity contribution < 1.29 is 13.6 Å². The van der Waals surface area contributed by atoms with Gasteiger partial charge in [0.2, 0.25) is 5.91 Å². The first-order valence-electron chi connectivity index (χ1n) is 12.3. The lowest BCUT2D eigenvalue weighted by Gasteiger charge is -2.38. The van der Waals surface area contributed by atoms with E-state index in [4.69, 9.17) is 4.98 Å². The highest BCUT2D eigenvalue weighted by Crippen LogP contribution is 2.34. The second-order valence-corrected chi connectivity index (χ2v) is 12.3. The number of hydrogen-bond acceptors (Lipinski definition) is 7. The molecule has 0 N–H and O–H groups in total. The van der Waals surface area contributed by atoms with Crippen molar-refractivity contribution in [1.29, 1.82) is 0 Å². The monoisotopic (exact) mass is 531 g/mol. The number of imidazole rings is 1. The molecule has 0 radical (unpaired) electrons. The van der Waals surface area contributed by atoms with Crippen LogP contribution in [0.5, 0.6) is 0 Å². The van der Waals surface area contributed by atoms with Gasteiger partial charge in [0, 0.05) is 36.5 Å². The van der Waals surface area contributed by atoms with Crippen molar-refractivity contribution in [2.24, 2.45) is 5.92 Å². The van der Waals surface area contributed by atoms with Crippen LogP contribution < -0.4 is 0 Å². The molecule has 1 atom stereocenters. The molecule has 10 heteroatoms. The molecule has 2 aliphatic rings. The maximum absolute atomic E-state index is 13.3. The third kappa shape index (κ3) is 5.51. The molecule has 188 valence electrons. The van der Waals surface area contributed by atoms with Gasteiger partial charge in [-0.2, -0.15) is 11.3 Å². The lowest BCUT2D eigenvalue weighted by molar-refractivity contribution is -0.138. The van der Waals surface area contributed by atoms with E-state index in [1.54, 1.807) is 35.2 Å². The van der Waals surface area contributed by atoms with Gasteiger partial charge in [-0.25, -0.2) is 4.98 Å². The van der Waals surface area contributed by atoms with Gasteiger partial charge in [-0.05, 0) is 96.2 Å². The molecule has 1 aromatic carbocycles. The quantitative estimate of drug-likeness (QED) is 0.329. The maximum Gasteiger partial charge on any atom is 0.225 e. The third-order valence-corrected chi connectivity index (χ3v) is 9.36. The highest BCUT2D eigenvalue weighted by molar-refractivity contribution is 7.99. The molecule has 0 aliphatic carbocycles. The summed E-state index contributed by atoms with van der Waals surface area (Å²) in [5.41, 5.74) is 3.06. The van der Waals surface area contributed by atoms with Gasteiger partial charge in [-0.15, -0.1) is 0 Å². The second kappa shape index (κ2) is 11.1. The summed E-state index contributed by atoms with van der Waals surface area (Å²) in [7, 11) is 0. The zero-order valence-electron chi connectivity index (χ0n) is 19.9. The van der Waals surface area contributed by atoms with Crippen LogP contribution in [0.3, 0.4) is 0 Å². The van der Waals surface area contributed by atoms with Crippen LogP contribution in [0.15, 0.2) is 45.1 Å². The predicted octanol–water partition coefficient (Wildman–Crippen LogP) is 4.52. The number of carbonyl (C=O) groups is 1. The molecule has 0 spiro atoms. The van der Waals surface area contributed by atoms with E-state index in [2.05, 4.69) is 38.1 Å². The van der Waals surface area contributed by atoms with Crippen molar-refractivity contribution >= 4 is 51.1 Å². The molecule has 1 amide bonds. The van der Waals surface area contributed by atoms with Gasteiger partial charge in [0.05, 0.1) is 11.0 Å². The van der Waals surface area contributed by atoms with Crippen molar-refractivity contribution in [3.05, 3.63) is 40.6 Å². The van der Waals surface area contributed by atoms with Crippen LogP contribution in [0, 0.1) is 5.92 Å². The number of thiophene rings is 1. The fourth-order valence-corrected chi connectivity index (χ4v) is 7.18. The van der Waals surface area contributed by atoms with Gasteiger partial charge >= 0.3 is 0 Å². The summed E-state index contributed by atoms with van der Waals surface area (Å²) in [6.45, 7) is 6.57. The molecule has 0 bridgehead atoms. The second-order valence-electron chi connectivity index (χ2n) is 9.32. The molecule has 1 unspecified atom stereocenters. The minimum Gasteiger partial charge on any atom is -0.768 e. The average Bonchev–Trinajstić information content (AvgIpc) is 3.51. The van der Waals surface area contributed by atoms with Gasteiger partial charge in [0.15, 0.2) is 5.16 Å². The summed E-state index contributed by atoms with van der Waals surface area (Å²) in [5, 5.41) is 5.26. The Morgan fingerprint density at radius 2 is 1.94 bits per heavy atom. The highest BCUT2D eigenvalue weighted by atomic mass is 32.2. The molecule has 35 heavy (non-hydrogen) atoms. The van der Waals surface area contributed by atoms with Gasteiger partial charge in [0.25, 0.3) is 0 Å². The number of amides is 1. The number of piperidine rings is 2. The van der Waals surface area contributed by atoms with Gasteiger partial charge in [0.1, 0.15) is 0 Å². The number of benzene rings is 1. The number of aromatic nitrogens is 2. The molecular formula is C25H31N4O3S3-. The van der Waals surface area contributed by atoms with Crippen LogP contribution >= 0.6 is 23.1 Å². The molecule has 2 aromatic heterocycles. The van der Waals surface area contributed by atoms with Crippen molar-refractivity contribution in [2.45, 2.75) is 55.2 Å². The van der Waals surface area contributed by atoms with Crippen LogP contribution in [0.1, 0.15) is 44.2 Å². The van der Waals surface area contributed by atoms with E-state index < -0.39 is 11.1 Å². The Bertz CT molecular complexity index is 1180. The molecule has 2 fully saturated rings. The van der Waals surface area contributed by atoms with Gasteiger partial charge < -0.3 is 14.0 Å². The standard InChI is InChI=1S/C25H32N4O3S3/c1-2-34-25-26-22-15-21(35(31)32)3-4-23(22)29(25)20-7-12-28(13-8-20)24(30)19-5-10-27(11-6-19)16-18-9-14-33-17-18/h3-4,9,14-15,17,19-20H,2,5-8,10-13,16H2,1H3,(H,31,32)/p-1. The zero-order chi connectivity index (χ0) is 24.4. The van der Waals surface area contributed by atoms with E-state index in [0.29, 0.717) is 5.91 Å². The van der Waals surface area contributed by atoms with E-state index in [1.807, 2.05) is 6.07 Å². The van der Waals surface area contributed by atoms with E-state index in [1.165, 1.54) is 5.56 Å². The smallest absolute Gasteiger partial charge is 0.225 e. The van der Waals surface area contributed by atoms with Gasteiger partial charge in [-0.1, -0.05) is 18.7 Å². The van der Waals surface area contributed by atoms with E-state index in [-0.39, 0.29) is 16.9 Å². The number of fused-ring (bicyclic) bond motifs is 1. The molecule has 0 saturated carbocycles. The Morgan fingerprint density at radius 1 is 1.17 bits per heavy atom. The van der Waals surface area contributed by atoms with Crippen molar-refractivity contribution in [2.75, 3.05) is 31.9 Å². The Morgan fingerprint density at radius 3 is 2.60 bits per heavy atom. The maximum atomic E-state index is 13.3. The molecule has 5 rings (SSSR count). The first kappa shape index (κ1) is 25.0. The van der Waals surface area contributed by atoms with Crippen LogP contribution in [0.4, 0.5) is 0 Å². The minimum atomic E-state index is -2.27. The van der Waals surface area contributed by atoms with Crippen LogP contribution in [0.2, 0.25) is 0 Å². The summed E-state index contributed by atoms with van der Waals surface area (Å²) in [6, 6.07) is 7.61. The topological polar surface area (TPSA) is 81.5 Å². The van der Waals surface area contributed by atoms with Crippen LogP contribution in [-0.4, -0.2) is 66.0 Å². The van der Waals surface area contributed by atoms with Crippen molar-refractivity contribution in [3.63, 3.8) is 0 Å². The number of nitrogens with zero attached hydrogens (tertiary/aromatic N) is 4. The summed E-state index contributed by atoms with van der Waals surface area (Å²) >= 11 is 1.15. The molecule has 7 nitrogen and oxygen atoms in total. The van der Waals surface area contributed by atoms with Crippen LogP contribution in [-0.2, 0) is 22.4 Å². The molecule has 2 saturated heterocycles. The molecule has 3 aromatic rings. The van der Waals surface area contributed by atoms with Gasteiger partial charge in [-0.3, -0.25) is 13.9 Å². The lowest BCUT2D eigenvalue weighted by atomic mass is 9.93. The predicted molar refractivity (Wildman–Crippen MR) is 140 cm³/mol. The zero-order valence-corrected chi connectivity index (χ0v) is 22.4. The summed E-state index contributed by atoms with van der Waals surface area (Å²) in [6.07, 6.45) is 3.66. The molecule has 4 heterocycles. The largest absolute Gasteiger partial charge is 0.768 e. The lowest BCUT2D eigenvalue weighted by Crippen LogP contribution is -2.45. The van der Waals surface area contributed by atoms with E-state index >= 15 is 0 Å². The fourth-order valence-electron chi connectivity index (χ4n) is 5.33. The normalized spacial score (nSPS) is 19.4. The highest BCUT2D eigenvalue weighted by Gasteiger charge is 2.32. The minimum absolute atomic E-state index is 0.136.